The third-order valence-corrected chi connectivity index (χ3v) is 5.14. The molecule has 32 heavy (non-hydrogen) atoms. The summed E-state index contributed by atoms with van der Waals surface area (Å²) in [6, 6.07) is -1.66. The number of carboxylic acid groups (broad SMARTS) is 3. The molecule has 0 heterocycles. The number of rotatable bonds is 9. The zero-order valence-corrected chi connectivity index (χ0v) is 17.7. The number of Topliss-reactive ketones (excluding diaryl/α,β-unsaturated/α-hetero) is 1. The van der Waals surface area contributed by atoms with Gasteiger partial charge in [-0.05, 0) is 26.7 Å². The van der Waals surface area contributed by atoms with Gasteiger partial charge in [-0.3, -0.25) is 4.79 Å². The van der Waals surface area contributed by atoms with Gasteiger partial charge < -0.3 is 56.7 Å². The van der Waals surface area contributed by atoms with Gasteiger partial charge in [0.15, 0.2) is 5.78 Å². The molecule has 0 aromatic rings. The molecule has 0 aromatic carbocycles. The predicted octanol–water partition coefficient (Wildman–Crippen LogP) is -6.44. The second-order valence-electron chi connectivity index (χ2n) is 7.87. The number of nitrogens with two attached hydrogens (primary N) is 3. The molecule has 0 aliphatic heterocycles. The van der Waals surface area contributed by atoms with Crippen LogP contribution < -0.4 is 32.5 Å². The van der Waals surface area contributed by atoms with Crippen molar-refractivity contribution in [3.63, 3.8) is 0 Å². The number of aliphatic carboxylic acids is 3. The SMILES string of the molecule is CC(N)C(=O)OC(=O)C1(N)CCC1(C)C(=O)C(C)N.O=C([O-])CC(O)(CC(=O)[O-])C(=O)[O-]. The van der Waals surface area contributed by atoms with Gasteiger partial charge in [0, 0.05) is 24.8 Å². The molecule has 1 fully saturated rings. The largest absolute Gasteiger partial charge is 0.550 e. The second kappa shape index (κ2) is 10.6. The van der Waals surface area contributed by atoms with Gasteiger partial charge in [-0.25, -0.2) is 9.59 Å². The Bertz CT molecular complexity index is 779. The van der Waals surface area contributed by atoms with Crippen LogP contribution in [-0.2, 0) is 33.5 Å². The summed E-state index contributed by atoms with van der Waals surface area (Å²) < 4.78 is 4.62. The monoisotopic (exact) mass is 460 g/mol. The highest BCUT2D eigenvalue weighted by Gasteiger charge is 2.64. The summed E-state index contributed by atoms with van der Waals surface area (Å²) in [4.78, 5) is 65.4. The number of aliphatic hydroxyl groups is 1. The number of carbonyl (C=O) groups excluding carboxylic acids is 6. The molecule has 1 saturated carbocycles. The van der Waals surface area contributed by atoms with Gasteiger partial charge in [-0.15, -0.1) is 0 Å². The van der Waals surface area contributed by atoms with Crippen molar-refractivity contribution in [2.24, 2.45) is 22.6 Å². The fourth-order valence-electron chi connectivity index (χ4n) is 2.90. The van der Waals surface area contributed by atoms with E-state index in [-0.39, 0.29) is 12.2 Å². The van der Waals surface area contributed by atoms with Gasteiger partial charge >= 0.3 is 11.9 Å². The number of hydrogen-bond donors (Lipinski definition) is 4. The summed E-state index contributed by atoms with van der Waals surface area (Å²) in [6.45, 7) is 4.50. The van der Waals surface area contributed by atoms with E-state index in [0.29, 0.717) is 6.42 Å². The van der Waals surface area contributed by atoms with Crippen LogP contribution in [0.5, 0.6) is 0 Å². The maximum absolute atomic E-state index is 12.1. The quantitative estimate of drug-likeness (QED) is 0.184. The van der Waals surface area contributed by atoms with Gasteiger partial charge in [0.2, 0.25) is 0 Å². The molecule has 7 N–H and O–H groups in total. The Balaban J connectivity index is 0.000000649. The predicted molar refractivity (Wildman–Crippen MR) is 96.9 cm³/mol. The van der Waals surface area contributed by atoms with Crippen molar-refractivity contribution in [1.29, 1.82) is 0 Å². The van der Waals surface area contributed by atoms with Crippen LogP contribution in [0.15, 0.2) is 0 Å². The lowest BCUT2D eigenvalue weighted by Gasteiger charge is -2.52. The van der Waals surface area contributed by atoms with E-state index >= 15 is 0 Å². The van der Waals surface area contributed by atoms with Crippen molar-refractivity contribution >= 4 is 35.6 Å². The van der Waals surface area contributed by atoms with E-state index in [0.717, 1.165) is 0 Å². The first kappa shape index (κ1) is 29.1. The molecular formula is C18H26N3O11-3. The van der Waals surface area contributed by atoms with Crippen LogP contribution in [0.3, 0.4) is 0 Å². The number of carboxylic acids is 3. The summed E-state index contributed by atoms with van der Waals surface area (Å²) >= 11 is 0. The number of carbonyl (C=O) groups is 6. The van der Waals surface area contributed by atoms with E-state index in [9.17, 15) is 44.1 Å². The molecule has 4 atom stereocenters. The van der Waals surface area contributed by atoms with Gasteiger partial charge in [0.05, 0.1) is 17.4 Å². The van der Waals surface area contributed by atoms with Crippen molar-refractivity contribution in [1.82, 2.24) is 0 Å². The summed E-state index contributed by atoms with van der Waals surface area (Å²) in [5.74, 6) is -8.08. The third kappa shape index (κ3) is 6.53. The maximum atomic E-state index is 12.1. The number of hydrogen-bond acceptors (Lipinski definition) is 14. The van der Waals surface area contributed by atoms with Crippen LogP contribution in [0.4, 0.5) is 0 Å². The minimum atomic E-state index is -2.97. The molecule has 0 amide bonds. The molecule has 0 radical (unpaired) electrons. The van der Waals surface area contributed by atoms with E-state index in [1.54, 1.807) is 6.92 Å². The average Bonchev–Trinajstić information content (AvgIpc) is 2.63. The topological polar surface area (TPSA) is 279 Å². The van der Waals surface area contributed by atoms with Crippen molar-refractivity contribution in [3.05, 3.63) is 0 Å². The lowest BCUT2D eigenvalue weighted by molar-refractivity contribution is -0.339. The van der Waals surface area contributed by atoms with Gasteiger partial charge in [0.25, 0.3) is 0 Å². The van der Waals surface area contributed by atoms with Gasteiger partial charge in [-0.1, -0.05) is 6.92 Å². The first-order valence-corrected chi connectivity index (χ1v) is 9.28. The molecule has 14 heteroatoms. The molecule has 4 unspecified atom stereocenters. The van der Waals surface area contributed by atoms with Crippen molar-refractivity contribution in [3.8, 4) is 0 Å². The smallest absolute Gasteiger partial charge is 0.334 e. The van der Waals surface area contributed by atoms with Crippen LogP contribution >= 0.6 is 0 Å². The highest BCUT2D eigenvalue weighted by molar-refractivity contribution is 6.02. The Morgan fingerprint density at radius 2 is 1.41 bits per heavy atom. The molecule has 0 saturated heterocycles. The molecule has 14 nitrogen and oxygen atoms in total. The fourth-order valence-corrected chi connectivity index (χ4v) is 2.90. The van der Waals surface area contributed by atoms with Crippen LogP contribution in [0.2, 0.25) is 0 Å². The lowest BCUT2D eigenvalue weighted by atomic mass is 9.53. The van der Waals surface area contributed by atoms with Crippen LogP contribution in [0, 0.1) is 5.41 Å². The van der Waals surface area contributed by atoms with Crippen molar-refractivity contribution in [2.75, 3.05) is 0 Å². The standard InChI is InChI=1S/C12H21N3O4.C6H8O7/c1-6(13)8(16)11(3)4-5-12(11,15)10(18)19-9(17)7(2)14;7-3(8)1-6(13,5(11)12)2-4(9)10/h6-7H,4-5,13-15H2,1-3H3;13H,1-2H2,(H,7,8)(H,9,10)(H,11,12)/p-3. The zero-order valence-electron chi connectivity index (χ0n) is 17.7. The minimum Gasteiger partial charge on any atom is -0.550 e. The molecular weight excluding hydrogens is 434 g/mol. The van der Waals surface area contributed by atoms with E-state index in [1.807, 2.05) is 0 Å². The average molecular weight is 460 g/mol. The molecule has 1 aliphatic carbocycles. The second-order valence-corrected chi connectivity index (χ2v) is 7.87. The molecule has 0 spiro atoms. The summed E-state index contributed by atoms with van der Waals surface area (Å²) in [6.07, 6.45) is -2.01. The first-order chi connectivity index (χ1) is 14.3. The van der Waals surface area contributed by atoms with E-state index in [2.05, 4.69) is 4.74 Å². The minimum absolute atomic E-state index is 0.271. The van der Waals surface area contributed by atoms with E-state index in [4.69, 9.17) is 22.3 Å². The Hall–Kier alpha value is -2.94. The van der Waals surface area contributed by atoms with Crippen LogP contribution in [0.1, 0.15) is 46.5 Å². The maximum Gasteiger partial charge on any atom is 0.334 e. The molecule has 0 aromatic heterocycles. The Kier molecular flexibility index (Phi) is 9.61. The van der Waals surface area contributed by atoms with Crippen LogP contribution in [0.25, 0.3) is 0 Å². The Labute approximate surface area is 182 Å². The number of ether oxygens (including phenoxy) is 1. The summed E-state index contributed by atoms with van der Waals surface area (Å²) in [5.41, 5.74) is 11.2. The number of esters is 2. The molecule has 1 aliphatic rings. The molecule has 0 bridgehead atoms. The Morgan fingerprint density at radius 3 is 1.66 bits per heavy atom. The highest BCUT2D eigenvalue weighted by Crippen LogP contribution is 2.50. The number of ketones is 1. The zero-order chi connectivity index (χ0) is 25.7. The van der Waals surface area contributed by atoms with E-state index in [1.165, 1.54) is 13.8 Å². The normalized spacial score (nSPS) is 24.0. The first-order valence-electron chi connectivity index (χ1n) is 9.28. The van der Waals surface area contributed by atoms with Crippen molar-refractivity contribution in [2.45, 2.75) is 69.7 Å². The summed E-state index contributed by atoms with van der Waals surface area (Å²) in [5, 5.41) is 38.9. The third-order valence-electron chi connectivity index (χ3n) is 5.14. The van der Waals surface area contributed by atoms with Gasteiger partial charge in [0.1, 0.15) is 17.2 Å². The lowest BCUT2D eigenvalue weighted by Crippen LogP contribution is -2.72. The molecule has 182 valence electrons. The van der Waals surface area contributed by atoms with Crippen molar-refractivity contribution < 1.29 is 53.9 Å². The van der Waals surface area contributed by atoms with E-state index < -0.39 is 71.3 Å². The van der Waals surface area contributed by atoms with Gasteiger partial charge in [-0.2, -0.15) is 0 Å². The van der Waals surface area contributed by atoms with Crippen LogP contribution in [-0.4, -0.2) is 64.0 Å². The highest BCUT2D eigenvalue weighted by atomic mass is 16.6. The summed E-state index contributed by atoms with van der Waals surface area (Å²) in [7, 11) is 0. The molecule has 1 rings (SSSR count). The fraction of sp³-hybridized carbons (Fsp3) is 0.667. The Morgan fingerprint density at radius 1 is 0.969 bits per heavy atom.